The van der Waals surface area contributed by atoms with Gasteiger partial charge in [-0.3, -0.25) is 0 Å². The molecule has 0 aliphatic rings. The van der Waals surface area contributed by atoms with Gasteiger partial charge in [0.2, 0.25) is 0 Å². The molecule has 5 heteroatoms. The highest BCUT2D eigenvalue weighted by Gasteiger charge is 2.06. The molecular formula is C10H19NO2SSi. The SMILES string of the molecule is CCC(CCO[Si]OC)SCCCC#N. The van der Waals surface area contributed by atoms with Gasteiger partial charge in [-0.05, 0) is 25.0 Å². The molecule has 0 amide bonds. The number of nitriles is 1. The topological polar surface area (TPSA) is 42.2 Å². The van der Waals surface area contributed by atoms with Crippen LogP contribution in [0.25, 0.3) is 0 Å². The number of hydrogen-bond donors (Lipinski definition) is 0. The number of rotatable bonds is 10. The first-order valence-electron chi connectivity index (χ1n) is 5.23. The second-order valence-electron chi connectivity index (χ2n) is 3.09. The predicted octanol–water partition coefficient (Wildman–Crippen LogP) is 2.39. The van der Waals surface area contributed by atoms with E-state index in [4.69, 9.17) is 14.1 Å². The van der Waals surface area contributed by atoms with E-state index < -0.39 is 0 Å². The van der Waals surface area contributed by atoms with E-state index in [1.165, 1.54) is 0 Å². The third-order valence-corrected chi connectivity index (χ3v) is 3.98. The molecule has 3 nitrogen and oxygen atoms in total. The molecule has 0 aromatic rings. The highest BCUT2D eigenvalue weighted by Crippen LogP contribution is 2.19. The van der Waals surface area contributed by atoms with Gasteiger partial charge in [0.15, 0.2) is 0 Å². The lowest BCUT2D eigenvalue weighted by atomic mass is 10.2. The number of unbranched alkanes of at least 4 members (excludes halogenated alkanes) is 1. The summed E-state index contributed by atoms with van der Waals surface area (Å²) in [5.74, 6) is 1.08. The van der Waals surface area contributed by atoms with Crippen LogP contribution in [0.5, 0.6) is 0 Å². The molecule has 2 radical (unpaired) electrons. The highest BCUT2D eigenvalue weighted by atomic mass is 32.2. The van der Waals surface area contributed by atoms with E-state index in [1.54, 1.807) is 7.11 Å². The minimum absolute atomic E-state index is 0.166. The molecule has 0 aliphatic heterocycles. The predicted molar refractivity (Wildman–Crippen MR) is 64.7 cm³/mol. The molecule has 15 heavy (non-hydrogen) atoms. The Kier molecular flexibility index (Phi) is 12.0. The molecule has 0 aromatic heterocycles. The van der Waals surface area contributed by atoms with Crippen molar-refractivity contribution in [3.63, 3.8) is 0 Å². The van der Waals surface area contributed by atoms with Gasteiger partial charge in [-0.15, -0.1) is 0 Å². The van der Waals surface area contributed by atoms with Gasteiger partial charge in [-0.25, -0.2) is 0 Å². The molecule has 0 bridgehead atoms. The van der Waals surface area contributed by atoms with E-state index in [2.05, 4.69) is 13.0 Å². The molecule has 0 saturated carbocycles. The van der Waals surface area contributed by atoms with E-state index in [1.807, 2.05) is 11.8 Å². The Hall–Kier alpha value is -0.0231. The molecular weight excluding hydrogens is 226 g/mol. The third-order valence-electron chi connectivity index (χ3n) is 1.93. The summed E-state index contributed by atoms with van der Waals surface area (Å²) < 4.78 is 10.1. The minimum Gasteiger partial charge on any atom is -0.396 e. The molecule has 0 heterocycles. The van der Waals surface area contributed by atoms with Gasteiger partial charge in [0, 0.05) is 25.4 Å². The molecule has 0 aromatic carbocycles. The molecule has 1 unspecified atom stereocenters. The lowest BCUT2D eigenvalue weighted by molar-refractivity contribution is 0.251. The van der Waals surface area contributed by atoms with Crippen molar-refractivity contribution < 1.29 is 8.85 Å². The van der Waals surface area contributed by atoms with Crippen molar-refractivity contribution in [1.82, 2.24) is 0 Å². The first kappa shape index (κ1) is 15.0. The first-order chi connectivity index (χ1) is 7.35. The van der Waals surface area contributed by atoms with Crippen molar-refractivity contribution in [3.05, 3.63) is 0 Å². The van der Waals surface area contributed by atoms with Crippen molar-refractivity contribution in [3.8, 4) is 6.07 Å². The van der Waals surface area contributed by atoms with Crippen molar-refractivity contribution in [1.29, 1.82) is 5.26 Å². The summed E-state index contributed by atoms with van der Waals surface area (Å²) in [6.07, 6.45) is 3.91. The zero-order valence-electron chi connectivity index (χ0n) is 9.49. The lowest BCUT2D eigenvalue weighted by Gasteiger charge is -2.13. The van der Waals surface area contributed by atoms with E-state index in [9.17, 15) is 0 Å². The van der Waals surface area contributed by atoms with Crippen LogP contribution in [0.2, 0.25) is 0 Å². The van der Waals surface area contributed by atoms with Crippen LogP contribution in [-0.4, -0.2) is 34.7 Å². The zero-order valence-corrected chi connectivity index (χ0v) is 11.3. The summed E-state index contributed by atoms with van der Waals surface area (Å²) in [7, 11) is 1.81. The molecule has 0 saturated heterocycles. The maximum Gasteiger partial charge on any atom is 0.433 e. The highest BCUT2D eigenvalue weighted by molar-refractivity contribution is 7.99. The summed E-state index contributed by atoms with van der Waals surface area (Å²) in [6.45, 7) is 2.97. The maximum atomic E-state index is 8.40. The smallest absolute Gasteiger partial charge is 0.396 e. The van der Waals surface area contributed by atoms with Crippen LogP contribution in [0.15, 0.2) is 0 Å². The fraction of sp³-hybridized carbons (Fsp3) is 0.900. The maximum absolute atomic E-state index is 8.40. The summed E-state index contributed by atoms with van der Waals surface area (Å²) in [6, 6.07) is 2.17. The Balaban J connectivity index is 3.34. The zero-order chi connectivity index (χ0) is 11.4. The molecule has 0 aliphatic carbocycles. The van der Waals surface area contributed by atoms with Gasteiger partial charge in [-0.2, -0.15) is 17.0 Å². The summed E-state index contributed by atoms with van der Waals surface area (Å²) >= 11 is 1.95. The van der Waals surface area contributed by atoms with E-state index >= 15 is 0 Å². The minimum atomic E-state index is 0.166. The van der Waals surface area contributed by atoms with Crippen molar-refractivity contribution in [2.75, 3.05) is 19.5 Å². The van der Waals surface area contributed by atoms with Crippen molar-refractivity contribution in [2.24, 2.45) is 0 Å². The van der Waals surface area contributed by atoms with Crippen LogP contribution in [0.1, 0.15) is 32.6 Å². The van der Waals surface area contributed by atoms with Crippen LogP contribution in [-0.2, 0) is 8.85 Å². The number of hydrogen-bond acceptors (Lipinski definition) is 4. The second-order valence-corrected chi connectivity index (χ2v) is 5.36. The number of nitrogens with zero attached hydrogens (tertiary/aromatic N) is 1. The quantitative estimate of drug-likeness (QED) is 0.438. The van der Waals surface area contributed by atoms with Gasteiger partial charge < -0.3 is 8.85 Å². The molecule has 0 fully saturated rings. The van der Waals surface area contributed by atoms with Crippen molar-refractivity contribution >= 4 is 21.8 Å². The molecule has 0 spiro atoms. The van der Waals surface area contributed by atoms with Crippen LogP contribution < -0.4 is 0 Å². The Labute approximate surface area is 99.6 Å². The average Bonchev–Trinajstić information content (AvgIpc) is 2.27. The Morgan fingerprint density at radius 1 is 1.53 bits per heavy atom. The van der Waals surface area contributed by atoms with Crippen molar-refractivity contribution in [2.45, 2.75) is 37.9 Å². The van der Waals surface area contributed by atoms with Crippen LogP contribution in [0, 0.1) is 11.3 Å². The monoisotopic (exact) mass is 245 g/mol. The lowest BCUT2D eigenvalue weighted by Crippen LogP contribution is -2.10. The Bertz CT molecular complexity index is 175. The molecule has 0 rings (SSSR count). The Morgan fingerprint density at radius 3 is 2.93 bits per heavy atom. The first-order valence-corrected chi connectivity index (χ1v) is 7.10. The second kappa shape index (κ2) is 12.0. The van der Waals surface area contributed by atoms with Crippen LogP contribution in [0.4, 0.5) is 0 Å². The van der Waals surface area contributed by atoms with E-state index in [0.29, 0.717) is 11.7 Å². The summed E-state index contributed by atoms with van der Waals surface area (Å²) in [4.78, 5) is 0. The Morgan fingerprint density at radius 2 is 2.33 bits per heavy atom. The number of thioether (sulfide) groups is 1. The van der Waals surface area contributed by atoms with Gasteiger partial charge in [-0.1, -0.05) is 6.92 Å². The van der Waals surface area contributed by atoms with E-state index in [-0.39, 0.29) is 10.0 Å². The van der Waals surface area contributed by atoms with Gasteiger partial charge in [0.05, 0.1) is 6.07 Å². The van der Waals surface area contributed by atoms with Gasteiger partial charge in [0.1, 0.15) is 0 Å². The fourth-order valence-electron chi connectivity index (χ4n) is 1.10. The van der Waals surface area contributed by atoms with Crippen LogP contribution >= 0.6 is 11.8 Å². The standard InChI is InChI=1S/C10H19NO2SSi/c1-3-10(6-8-13-15-12-2)14-9-5-4-7-11/h10H,3-6,8-9H2,1-2H3. The molecule has 86 valence electrons. The third kappa shape index (κ3) is 10.3. The van der Waals surface area contributed by atoms with Gasteiger partial charge >= 0.3 is 10.0 Å². The summed E-state index contributed by atoms with van der Waals surface area (Å²) in [5, 5.41) is 9.05. The van der Waals surface area contributed by atoms with Gasteiger partial charge in [0.25, 0.3) is 0 Å². The molecule has 0 N–H and O–H groups in total. The molecule has 1 atom stereocenters. The summed E-state index contributed by atoms with van der Waals surface area (Å²) in [5.41, 5.74) is 0. The fourth-order valence-corrected chi connectivity index (χ4v) is 2.56. The average molecular weight is 245 g/mol. The largest absolute Gasteiger partial charge is 0.433 e. The van der Waals surface area contributed by atoms with E-state index in [0.717, 1.165) is 31.6 Å². The normalized spacial score (nSPS) is 12.3. The van der Waals surface area contributed by atoms with Crippen LogP contribution in [0.3, 0.4) is 0 Å².